The third kappa shape index (κ3) is 4.05. The molecule has 0 bridgehead atoms. The van der Waals surface area contributed by atoms with Crippen molar-refractivity contribution >= 4 is 5.91 Å². The van der Waals surface area contributed by atoms with Crippen molar-refractivity contribution in [3.05, 3.63) is 17.5 Å². The lowest BCUT2D eigenvalue weighted by Gasteiger charge is -2.15. The van der Waals surface area contributed by atoms with E-state index in [2.05, 4.69) is 24.3 Å². The molecule has 1 heterocycles. The highest BCUT2D eigenvalue weighted by molar-refractivity contribution is 5.95. The number of hydrogen-bond acceptors (Lipinski definition) is 4. The van der Waals surface area contributed by atoms with Crippen LogP contribution in [0.5, 0.6) is 0 Å². The number of amides is 1. The van der Waals surface area contributed by atoms with Gasteiger partial charge < -0.3 is 15.2 Å². The van der Waals surface area contributed by atoms with E-state index in [1.54, 1.807) is 6.20 Å². The highest BCUT2D eigenvalue weighted by Crippen LogP contribution is 2.19. The molecule has 6 heteroatoms. The Bertz CT molecular complexity index is 427. The molecular formula is C14H25N3O3. The first-order valence-corrected chi connectivity index (χ1v) is 7.04. The van der Waals surface area contributed by atoms with Gasteiger partial charge in [-0.05, 0) is 19.8 Å². The SMILES string of the molecule is CCC(CC)n1ncc(C(=O)NCC(O)COC)c1C. The minimum Gasteiger partial charge on any atom is -0.389 e. The van der Waals surface area contributed by atoms with Gasteiger partial charge in [0, 0.05) is 19.3 Å². The first-order chi connectivity index (χ1) is 9.54. The summed E-state index contributed by atoms with van der Waals surface area (Å²) in [7, 11) is 1.51. The second-order valence-corrected chi connectivity index (χ2v) is 4.88. The molecule has 0 radical (unpaired) electrons. The van der Waals surface area contributed by atoms with Gasteiger partial charge in [0.15, 0.2) is 0 Å². The Kier molecular flexibility index (Phi) is 6.67. The summed E-state index contributed by atoms with van der Waals surface area (Å²) in [4.78, 5) is 12.1. The van der Waals surface area contributed by atoms with Crippen LogP contribution in [0.25, 0.3) is 0 Å². The molecule has 0 saturated carbocycles. The van der Waals surface area contributed by atoms with E-state index in [1.165, 1.54) is 7.11 Å². The van der Waals surface area contributed by atoms with Crippen molar-refractivity contribution in [1.82, 2.24) is 15.1 Å². The molecule has 1 rings (SSSR count). The average Bonchev–Trinajstić information content (AvgIpc) is 2.80. The molecule has 0 aliphatic heterocycles. The molecule has 1 atom stereocenters. The van der Waals surface area contributed by atoms with Crippen LogP contribution in [0.4, 0.5) is 0 Å². The fraction of sp³-hybridized carbons (Fsp3) is 0.714. The average molecular weight is 283 g/mol. The minimum absolute atomic E-state index is 0.169. The van der Waals surface area contributed by atoms with E-state index in [9.17, 15) is 9.90 Å². The van der Waals surface area contributed by atoms with Crippen molar-refractivity contribution in [2.75, 3.05) is 20.3 Å². The van der Waals surface area contributed by atoms with Gasteiger partial charge in [-0.2, -0.15) is 5.10 Å². The summed E-state index contributed by atoms with van der Waals surface area (Å²) < 4.78 is 6.72. The molecule has 0 spiro atoms. The lowest BCUT2D eigenvalue weighted by molar-refractivity contribution is 0.0609. The minimum atomic E-state index is -0.696. The van der Waals surface area contributed by atoms with Crippen molar-refractivity contribution in [3.8, 4) is 0 Å². The standard InChI is InChI=1S/C14H25N3O3/c1-5-11(6-2)17-10(3)13(8-16-17)14(19)15-7-12(18)9-20-4/h8,11-12,18H,5-7,9H2,1-4H3,(H,15,19). The zero-order valence-electron chi connectivity index (χ0n) is 12.7. The van der Waals surface area contributed by atoms with Crippen molar-refractivity contribution in [2.24, 2.45) is 0 Å². The zero-order chi connectivity index (χ0) is 15.1. The maximum absolute atomic E-state index is 12.1. The number of nitrogens with one attached hydrogen (secondary N) is 1. The molecule has 0 aliphatic rings. The van der Waals surface area contributed by atoms with Gasteiger partial charge in [0.25, 0.3) is 5.91 Å². The summed E-state index contributed by atoms with van der Waals surface area (Å²) in [6, 6.07) is 0.315. The van der Waals surface area contributed by atoms with Crippen molar-refractivity contribution < 1.29 is 14.6 Å². The number of ether oxygens (including phenoxy) is 1. The maximum atomic E-state index is 12.1. The van der Waals surface area contributed by atoms with E-state index < -0.39 is 6.10 Å². The summed E-state index contributed by atoms with van der Waals surface area (Å²) in [5.74, 6) is -0.213. The van der Waals surface area contributed by atoms with Crippen LogP contribution in [-0.2, 0) is 4.74 Å². The number of carbonyl (C=O) groups excluding carboxylic acids is 1. The number of nitrogens with zero attached hydrogens (tertiary/aromatic N) is 2. The summed E-state index contributed by atoms with van der Waals surface area (Å²) in [6.07, 6.45) is 2.85. The van der Waals surface area contributed by atoms with Gasteiger partial charge in [0.05, 0.1) is 30.5 Å². The number of aromatic nitrogens is 2. The molecule has 1 aromatic heterocycles. The van der Waals surface area contributed by atoms with Crippen molar-refractivity contribution in [2.45, 2.75) is 45.8 Å². The van der Waals surface area contributed by atoms with Crippen LogP contribution in [0.3, 0.4) is 0 Å². The van der Waals surface area contributed by atoms with E-state index >= 15 is 0 Å². The Morgan fingerprint density at radius 3 is 2.70 bits per heavy atom. The molecule has 0 fully saturated rings. The van der Waals surface area contributed by atoms with Gasteiger partial charge in [-0.3, -0.25) is 9.48 Å². The number of carbonyl (C=O) groups is 1. The van der Waals surface area contributed by atoms with Gasteiger partial charge in [-0.1, -0.05) is 13.8 Å². The fourth-order valence-electron chi connectivity index (χ4n) is 2.21. The molecular weight excluding hydrogens is 258 g/mol. The molecule has 114 valence electrons. The first kappa shape index (κ1) is 16.7. The van der Waals surface area contributed by atoms with Crippen molar-refractivity contribution in [3.63, 3.8) is 0 Å². The lowest BCUT2D eigenvalue weighted by atomic mass is 10.1. The molecule has 20 heavy (non-hydrogen) atoms. The topological polar surface area (TPSA) is 76.4 Å². The van der Waals surface area contributed by atoms with Gasteiger partial charge in [-0.15, -0.1) is 0 Å². The van der Waals surface area contributed by atoms with Crippen LogP contribution >= 0.6 is 0 Å². The Labute approximate surface area is 120 Å². The molecule has 0 aromatic carbocycles. The number of aliphatic hydroxyl groups excluding tert-OH is 1. The smallest absolute Gasteiger partial charge is 0.254 e. The van der Waals surface area contributed by atoms with E-state index in [4.69, 9.17) is 4.74 Å². The molecule has 0 aliphatic carbocycles. The molecule has 1 aromatic rings. The lowest BCUT2D eigenvalue weighted by Crippen LogP contribution is -2.34. The van der Waals surface area contributed by atoms with Crippen LogP contribution < -0.4 is 5.32 Å². The fourth-order valence-corrected chi connectivity index (χ4v) is 2.21. The van der Waals surface area contributed by atoms with Gasteiger partial charge in [0.1, 0.15) is 0 Å². The number of methoxy groups -OCH3 is 1. The molecule has 6 nitrogen and oxygen atoms in total. The van der Waals surface area contributed by atoms with Crippen molar-refractivity contribution in [1.29, 1.82) is 0 Å². The monoisotopic (exact) mass is 283 g/mol. The van der Waals surface area contributed by atoms with Crippen LogP contribution in [0.15, 0.2) is 6.20 Å². The molecule has 2 N–H and O–H groups in total. The zero-order valence-corrected chi connectivity index (χ0v) is 12.7. The van der Waals surface area contributed by atoms with Gasteiger partial charge >= 0.3 is 0 Å². The second kappa shape index (κ2) is 8.01. The Morgan fingerprint density at radius 1 is 1.50 bits per heavy atom. The third-order valence-corrected chi connectivity index (χ3v) is 3.43. The van der Waals surface area contributed by atoms with E-state index in [0.717, 1.165) is 18.5 Å². The Morgan fingerprint density at radius 2 is 2.15 bits per heavy atom. The van der Waals surface area contributed by atoms with Gasteiger partial charge in [-0.25, -0.2) is 0 Å². The third-order valence-electron chi connectivity index (χ3n) is 3.43. The largest absolute Gasteiger partial charge is 0.389 e. The summed E-state index contributed by atoms with van der Waals surface area (Å²) in [5.41, 5.74) is 1.42. The normalized spacial score (nSPS) is 12.7. The van der Waals surface area contributed by atoms with Gasteiger partial charge in [0.2, 0.25) is 0 Å². The predicted molar refractivity (Wildman–Crippen MR) is 76.8 cm³/mol. The number of aliphatic hydroxyl groups is 1. The molecule has 1 amide bonds. The Hall–Kier alpha value is -1.40. The summed E-state index contributed by atoms with van der Waals surface area (Å²) in [6.45, 7) is 6.48. The second-order valence-electron chi connectivity index (χ2n) is 4.88. The molecule has 0 saturated heterocycles. The molecule has 1 unspecified atom stereocenters. The van der Waals surface area contributed by atoms with Crippen LogP contribution in [-0.4, -0.2) is 47.2 Å². The Balaban J connectivity index is 2.70. The number of rotatable bonds is 8. The highest BCUT2D eigenvalue weighted by Gasteiger charge is 2.18. The summed E-state index contributed by atoms with van der Waals surface area (Å²) in [5, 5.41) is 16.5. The highest BCUT2D eigenvalue weighted by atomic mass is 16.5. The maximum Gasteiger partial charge on any atom is 0.254 e. The first-order valence-electron chi connectivity index (χ1n) is 7.04. The van der Waals surface area contributed by atoms with Crippen LogP contribution in [0.1, 0.15) is 48.8 Å². The van der Waals surface area contributed by atoms with Crippen LogP contribution in [0.2, 0.25) is 0 Å². The van der Waals surface area contributed by atoms with Crippen LogP contribution in [0, 0.1) is 6.92 Å². The predicted octanol–water partition coefficient (Wildman–Crippen LogP) is 1.29. The van der Waals surface area contributed by atoms with E-state index in [-0.39, 0.29) is 19.1 Å². The van der Waals surface area contributed by atoms with E-state index in [1.807, 2.05) is 11.6 Å². The summed E-state index contributed by atoms with van der Waals surface area (Å²) >= 11 is 0. The number of hydrogen-bond donors (Lipinski definition) is 2. The van der Waals surface area contributed by atoms with E-state index in [0.29, 0.717) is 11.6 Å². The quantitative estimate of drug-likeness (QED) is 0.753.